The Balaban J connectivity index is 1.85. The Morgan fingerprint density at radius 3 is 2.77 bits per heavy atom. The first-order valence-electron chi connectivity index (χ1n) is 9.25. The van der Waals surface area contributed by atoms with E-state index in [1.807, 2.05) is 26.0 Å². The first-order valence-corrected chi connectivity index (χ1v) is 9.62. The molecule has 0 spiro atoms. The lowest BCUT2D eigenvalue weighted by Gasteiger charge is -2.19. The van der Waals surface area contributed by atoms with Gasteiger partial charge in [-0.2, -0.15) is 5.26 Å². The maximum atomic E-state index is 11.6. The number of halogens is 1. The van der Waals surface area contributed by atoms with Crippen LogP contribution in [0.25, 0.3) is 22.4 Å². The average molecular weight is 434 g/mol. The fourth-order valence-electron chi connectivity index (χ4n) is 3.34. The van der Waals surface area contributed by atoms with Crippen LogP contribution < -0.4 is 5.32 Å². The number of aromatic amines is 1. The average Bonchev–Trinajstić information content (AvgIpc) is 3.27. The summed E-state index contributed by atoms with van der Waals surface area (Å²) in [7, 11) is 0. The Kier molecular flexibility index (Phi) is 5.23. The van der Waals surface area contributed by atoms with Crippen LogP contribution in [0, 0.1) is 18.3 Å². The fraction of sp³-hybridized carbons (Fsp3) is 0.143. The van der Waals surface area contributed by atoms with Crippen molar-refractivity contribution in [3.05, 3.63) is 64.5 Å². The molecule has 3 heterocycles. The standard InChI is InChI=1S/C21H16ClN7O2/c1-10-5-12(11(2)26-13-3-4-17(22)28-20(13)21(30)31)18-14(6-10)27-15(7-23)19(29-18)16-8-24-9-25-16/h3-6,8-9,11,26H,1-2H3,(H,24,25)(H,30,31)/t11-/m1/s1. The van der Waals surface area contributed by atoms with E-state index in [1.165, 1.54) is 12.4 Å². The lowest BCUT2D eigenvalue weighted by Crippen LogP contribution is -2.13. The molecule has 0 saturated carbocycles. The summed E-state index contributed by atoms with van der Waals surface area (Å²) in [5.74, 6) is -1.19. The summed E-state index contributed by atoms with van der Waals surface area (Å²) in [6, 6.07) is 8.63. The lowest BCUT2D eigenvalue weighted by molar-refractivity contribution is 0.0691. The van der Waals surface area contributed by atoms with Gasteiger partial charge < -0.3 is 15.4 Å². The Hall–Kier alpha value is -4.03. The second kappa shape index (κ2) is 8.01. The van der Waals surface area contributed by atoms with E-state index in [0.29, 0.717) is 28.1 Å². The number of nitriles is 1. The molecule has 154 valence electrons. The highest BCUT2D eigenvalue weighted by Crippen LogP contribution is 2.30. The molecule has 0 aliphatic rings. The van der Waals surface area contributed by atoms with Crippen molar-refractivity contribution in [1.82, 2.24) is 24.9 Å². The monoisotopic (exact) mass is 433 g/mol. The van der Waals surface area contributed by atoms with Crippen molar-refractivity contribution >= 4 is 34.3 Å². The van der Waals surface area contributed by atoms with Gasteiger partial charge in [-0.25, -0.2) is 24.7 Å². The maximum Gasteiger partial charge on any atom is 0.356 e. The molecule has 9 nitrogen and oxygen atoms in total. The number of rotatable bonds is 5. The van der Waals surface area contributed by atoms with Gasteiger partial charge in [0.2, 0.25) is 0 Å². The Labute approximate surface area is 181 Å². The Morgan fingerprint density at radius 1 is 1.29 bits per heavy atom. The van der Waals surface area contributed by atoms with Gasteiger partial charge in [-0.1, -0.05) is 17.7 Å². The molecule has 0 aliphatic heterocycles. The molecule has 3 N–H and O–H groups in total. The Bertz CT molecular complexity index is 1350. The molecule has 4 rings (SSSR count). The molecule has 0 amide bonds. The van der Waals surface area contributed by atoms with Gasteiger partial charge >= 0.3 is 5.97 Å². The van der Waals surface area contributed by atoms with E-state index in [0.717, 1.165) is 11.1 Å². The van der Waals surface area contributed by atoms with Crippen molar-refractivity contribution in [1.29, 1.82) is 5.26 Å². The van der Waals surface area contributed by atoms with Gasteiger partial charge in [0, 0.05) is 5.56 Å². The van der Waals surface area contributed by atoms with Gasteiger partial charge in [0.05, 0.1) is 41.0 Å². The third-order valence-corrected chi connectivity index (χ3v) is 4.92. The number of nitrogens with zero attached hydrogens (tertiary/aromatic N) is 5. The number of hydrogen-bond acceptors (Lipinski definition) is 7. The number of imidazole rings is 1. The number of anilines is 1. The maximum absolute atomic E-state index is 11.6. The number of hydrogen-bond donors (Lipinski definition) is 3. The van der Waals surface area contributed by atoms with Gasteiger partial charge in [0.15, 0.2) is 11.4 Å². The van der Waals surface area contributed by atoms with Crippen LogP contribution in [-0.2, 0) is 0 Å². The minimum atomic E-state index is -1.19. The molecule has 1 atom stereocenters. The molecule has 0 radical (unpaired) electrons. The number of pyridine rings is 1. The zero-order valence-electron chi connectivity index (χ0n) is 16.5. The highest BCUT2D eigenvalue weighted by molar-refractivity contribution is 6.29. The second-order valence-electron chi connectivity index (χ2n) is 6.92. The molecule has 0 fully saturated rings. The topological polar surface area (TPSA) is 140 Å². The first kappa shape index (κ1) is 20.3. The predicted octanol–water partition coefficient (Wildman–Crippen LogP) is 4.12. The number of carboxylic acid groups (broad SMARTS) is 1. The van der Waals surface area contributed by atoms with E-state index < -0.39 is 5.97 Å². The summed E-state index contributed by atoms with van der Waals surface area (Å²) < 4.78 is 0. The van der Waals surface area contributed by atoms with E-state index >= 15 is 0 Å². The number of aryl methyl sites for hydroxylation is 1. The lowest BCUT2D eigenvalue weighted by atomic mass is 10.0. The Morgan fingerprint density at radius 2 is 2.10 bits per heavy atom. The molecule has 10 heteroatoms. The molecule has 0 aliphatic carbocycles. The van der Waals surface area contributed by atoms with Crippen LogP contribution in [-0.4, -0.2) is 36.0 Å². The number of nitrogens with one attached hydrogen (secondary N) is 2. The molecular weight excluding hydrogens is 418 g/mol. The largest absolute Gasteiger partial charge is 0.476 e. The van der Waals surface area contributed by atoms with Crippen molar-refractivity contribution in [3.63, 3.8) is 0 Å². The zero-order valence-corrected chi connectivity index (χ0v) is 17.3. The van der Waals surface area contributed by atoms with Crippen molar-refractivity contribution in [2.24, 2.45) is 0 Å². The molecule has 0 saturated heterocycles. The minimum absolute atomic E-state index is 0.0932. The van der Waals surface area contributed by atoms with Gasteiger partial charge in [-0.05, 0) is 37.6 Å². The highest BCUT2D eigenvalue weighted by Gasteiger charge is 2.20. The summed E-state index contributed by atoms with van der Waals surface area (Å²) >= 11 is 5.85. The SMILES string of the molecule is Cc1cc([C@@H](C)Nc2ccc(Cl)nc2C(=O)O)c2nc(-c3cnc[nH]3)c(C#N)nc2c1. The normalized spacial score (nSPS) is 11.8. The summed E-state index contributed by atoms with van der Waals surface area (Å²) in [5.41, 5.74) is 4.18. The number of fused-ring (bicyclic) bond motifs is 1. The molecule has 4 aromatic rings. The van der Waals surface area contributed by atoms with Crippen molar-refractivity contribution in [2.75, 3.05) is 5.32 Å². The number of carbonyl (C=O) groups is 1. The predicted molar refractivity (Wildman–Crippen MR) is 115 cm³/mol. The van der Waals surface area contributed by atoms with Crippen LogP contribution in [0.15, 0.2) is 36.8 Å². The van der Waals surface area contributed by atoms with Crippen LogP contribution in [0.2, 0.25) is 5.15 Å². The van der Waals surface area contributed by atoms with Crippen molar-refractivity contribution < 1.29 is 9.90 Å². The van der Waals surface area contributed by atoms with E-state index in [4.69, 9.17) is 16.6 Å². The number of benzene rings is 1. The van der Waals surface area contributed by atoms with Crippen molar-refractivity contribution in [2.45, 2.75) is 19.9 Å². The van der Waals surface area contributed by atoms with Crippen LogP contribution in [0.4, 0.5) is 5.69 Å². The van der Waals surface area contributed by atoms with Crippen LogP contribution in [0.5, 0.6) is 0 Å². The molecule has 0 unspecified atom stereocenters. The first-order chi connectivity index (χ1) is 14.9. The summed E-state index contributed by atoms with van der Waals surface area (Å²) in [5, 5.41) is 22.3. The van der Waals surface area contributed by atoms with Gasteiger partial charge in [-0.15, -0.1) is 0 Å². The smallest absolute Gasteiger partial charge is 0.356 e. The highest BCUT2D eigenvalue weighted by atomic mass is 35.5. The number of carboxylic acids is 1. The third kappa shape index (κ3) is 3.89. The number of H-pyrrole nitrogens is 1. The van der Waals surface area contributed by atoms with Gasteiger partial charge in [0.25, 0.3) is 0 Å². The van der Waals surface area contributed by atoms with Gasteiger partial charge in [-0.3, -0.25) is 0 Å². The van der Waals surface area contributed by atoms with Crippen LogP contribution >= 0.6 is 11.6 Å². The molecule has 3 aromatic heterocycles. The van der Waals surface area contributed by atoms with E-state index in [9.17, 15) is 15.2 Å². The summed E-state index contributed by atoms with van der Waals surface area (Å²) in [6.07, 6.45) is 3.08. The quantitative estimate of drug-likeness (QED) is 0.399. The second-order valence-corrected chi connectivity index (χ2v) is 7.31. The molecule has 0 bridgehead atoms. The fourth-order valence-corrected chi connectivity index (χ4v) is 3.49. The zero-order chi connectivity index (χ0) is 22.1. The molecular formula is C21H16ClN7O2. The number of aromatic carboxylic acids is 1. The minimum Gasteiger partial charge on any atom is -0.476 e. The number of aromatic nitrogens is 5. The van der Waals surface area contributed by atoms with Crippen molar-refractivity contribution in [3.8, 4) is 17.5 Å². The van der Waals surface area contributed by atoms with E-state index in [1.54, 1.807) is 12.3 Å². The van der Waals surface area contributed by atoms with Crippen LogP contribution in [0.3, 0.4) is 0 Å². The van der Waals surface area contributed by atoms with Crippen LogP contribution in [0.1, 0.15) is 40.3 Å². The summed E-state index contributed by atoms with van der Waals surface area (Å²) in [4.78, 5) is 31.6. The molecule has 31 heavy (non-hydrogen) atoms. The summed E-state index contributed by atoms with van der Waals surface area (Å²) in [6.45, 7) is 3.79. The van der Waals surface area contributed by atoms with Gasteiger partial charge in [0.1, 0.15) is 16.9 Å². The van der Waals surface area contributed by atoms with E-state index in [2.05, 4.69) is 31.3 Å². The third-order valence-electron chi connectivity index (χ3n) is 4.71. The van der Waals surface area contributed by atoms with E-state index in [-0.39, 0.29) is 22.6 Å². The molecule has 1 aromatic carbocycles.